The summed E-state index contributed by atoms with van der Waals surface area (Å²) in [5, 5.41) is 12.8. The van der Waals surface area contributed by atoms with E-state index in [1.54, 1.807) is 6.20 Å². The van der Waals surface area contributed by atoms with Crippen molar-refractivity contribution < 1.29 is 9.59 Å². The van der Waals surface area contributed by atoms with Crippen LogP contribution in [0.15, 0.2) is 6.20 Å². The summed E-state index contributed by atoms with van der Waals surface area (Å²) < 4.78 is 0. The molecule has 1 aromatic heterocycles. The van der Waals surface area contributed by atoms with Crippen LogP contribution in [0, 0.1) is 0 Å². The van der Waals surface area contributed by atoms with Crippen molar-refractivity contribution in [3.8, 4) is 0 Å². The lowest BCUT2D eigenvalue weighted by Crippen LogP contribution is -2.45. The highest BCUT2D eigenvalue weighted by molar-refractivity contribution is 5.98. The van der Waals surface area contributed by atoms with Gasteiger partial charge in [0.05, 0.1) is 17.5 Å². The van der Waals surface area contributed by atoms with Crippen LogP contribution in [0.1, 0.15) is 73.3 Å². The molecule has 22 heavy (non-hydrogen) atoms. The first-order valence-electron chi connectivity index (χ1n) is 8.37. The van der Waals surface area contributed by atoms with Crippen LogP contribution in [0.5, 0.6) is 0 Å². The number of nitrogens with zero attached hydrogens (tertiary/aromatic N) is 1. The lowest BCUT2D eigenvalue weighted by molar-refractivity contribution is -0.122. The van der Waals surface area contributed by atoms with Crippen molar-refractivity contribution in [2.75, 3.05) is 6.54 Å². The Morgan fingerprint density at radius 2 is 1.91 bits per heavy atom. The summed E-state index contributed by atoms with van der Waals surface area (Å²) in [6.07, 6.45) is 10.1. The van der Waals surface area contributed by atoms with E-state index < -0.39 is 6.04 Å². The predicted molar refractivity (Wildman–Crippen MR) is 82.5 cm³/mol. The summed E-state index contributed by atoms with van der Waals surface area (Å²) in [5.41, 5.74) is 1.54. The molecule has 2 amide bonds. The SMILES string of the molecule is O=C(N[C@@H]1CCCCNC1=O)c1cn[nH]c1C1CCCCC1. The molecule has 0 radical (unpaired) electrons. The maximum absolute atomic E-state index is 12.5. The van der Waals surface area contributed by atoms with Crippen LogP contribution >= 0.6 is 0 Å². The quantitative estimate of drug-likeness (QED) is 0.796. The van der Waals surface area contributed by atoms with Gasteiger partial charge in [0.25, 0.3) is 5.91 Å². The summed E-state index contributed by atoms with van der Waals surface area (Å²) in [5.74, 6) is 0.130. The van der Waals surface area contributed by atoms with Crippen LogP contribution in [0.4, 0.5) is 0 Å². The molecule has 0 aromatic carbocycles. The monoisotopic (exact) mass is 304 g/mol. The summed E-state index contributed by atoms with van der Waals surface area (Å²) in [6, 6.07) is -0.427. The lowest BCUT2D eigenvalue weighted by atomic mass is 9.85. The molecule has 1 aliphatic heterocycles. The zero-order valence-electron chi connectivity index (χ0n) is 12.9. The summed E-state index contributed by atoms with van der Waals surface area (Å²) in [6.45, 7) is 0.699. The molecule has 1 saturated carbocycles. The van der Waals surface area contributed by atoms with Crippen LogP contribution in [0.25, 0.3) is 0 Å². The first-order valence-corrected chi connectivity index (χ1v) is 8.37. The minimum atomic E-state index is -0.427. The summed E-state index contributed by atoms with van der Waals surface area (Å²) >= 11 is 0. The van der Waals surface area contributed by atoms with Gasteiger partial charge in [-0.05, 0) is 32.1 Å². The molecule has 1 atom stereocenters. The van der Waals surface area contributed by atoms with E-state index >= 15 is 0 Å². The molecule has 6 nitrogen and oxygen atoms in total. The molecule has 120 valence electrons. The van der Waals surface area contributed by atoms with Crippen molar-refractivity contribution in [3.63, 3.8) is 0 Å². The largest absolute Gasteiger partial charge is 0.354 e. The van der Waals surface area contributed by atoms with Crippen molar-refractivity contribution in [2.45, 2.75) is 63.3 Å². The Hall–Kier alpha value is -1.85. The Morgan fingerprint density at radius 1 is 1.14 bits per heavy atom. The molecule has 1 saturated heterocycles. The highest BCUT2D eigenvalue weighted by atomic mass is 16.2. The molecule has 0 spiro atoms. The van der Waals surface area contributed by atoms with E-state index in [9.17, 15) is 9.59 Å². The van der Waals surface area contributed by atoms with Gasteiger partial charge in [0.1, 0.15) is 6.04 Å². The number of aromatic amines is 1. The smallest absolute Gasteiger partial charge is 0.255 e. The first-order chi connectivity index (χ1) is 10.8. The van der Waals surface area contributed by atoms with Crippen LogP contribution in [-0.2, 0) is 4.79 Å². The molecular formula is C16H24N4O2. The number of aromatic nitrogens is 2. The molecule has 2 fully saturated rings. The fourth-order valence-corrected chi connectivity index (χ4v) is 3.49. The molecule has 0 unspecified atom stereocenters. The number of hydrogen-bond acceptors (Lipinski definition) is 3. The maximum atomic E-state index is 12.5. The van der Waals surface area contributed by atoms with Crippen molar-refractivity contribution in [3.05, 3.63) is 17.5 Å². The standard InChI is InChI=1S/C16H24N4O2/c21-15(19-13-8-4-5-9-17-16(13)22)12-10-18-20-14(12)11-6-2-1-3-7-11/h10-11,13H,1-9H2,(H,17,22)(H,18,20)(H,19,21)/t13-/m1/s1. The van der Waals surface area contributed by atoms with E-state index in [0.29, 0.717) is 24.4 Å². The Morgan fingerprint density at radius 3 is 2.73 bits per heavy atom. The van der Waals surface area contributed by atoms with Crippen LogP contribution in [0.3, 0.4) is 0 Å². The van der Waals surface area contributed by atoms with E-state index in [2.05, 4.69) is 20.8 Å². The van der Waals surface area contributed by atoms with Crippen molar-refractivity contribution in [2.24, 2.45) is 0 Å². The third-order valence-corrected chi connectivity index (χ3v) is 4.77. The van der Waals surface area contributed by atoms with Crippen LogP contribution in [-0.4, -0.2) is 34.6 Å². The molecule has 3 N–H and O–H groups in total. The number of carbonyl (C=O) groups excluding carboxylic acids is 2. The van der Waals surface area contributed by atoms with Gasteiger partial charge in [-0.2, -0.15) is 5.10 Å². The zero-order valence-corrected chi connectivity index (χ0v) is 12.9. The van der Waals surface area contributed by atoms with Gasteiger partial charge in [-0.1, -0.05) is 19.3 Å². The summed E-state index contributed by atoms with van der Waals surface area (Å²) in [4.78, 5) is 24.5. The van der Waals surface area contributed by atoms with Crippen LogP contribution in [0.2, 0.25) is 0 Å². The van der Waals surface area contributed by atoms with E-state index in [-0.39, 0.29) is 11.8 Å². The van der Waals surface area contributed by atoms with Gasteiger partial charge < -0.3 is 10.6 Å². The van der Waals surface area contributed by atoms with Gasteiger partial charge in [-0.3, -0.25) is 14.7 Å². The van der Waals surface area contributed by atoms with Crippen LogP contribution < -0.4 is 10.6 Å². The number of amides is 2. The summed E-state index contributed by atoms with van der Waals surface area (Å²) in [7, 11) is 0. The highest BCUT2D eigenvalue weighted by Crippen LogP contribution is 2.33. The Balaban J connectivity index is 1.69. The normalized spacial score (nSPS) is 23.6. The molecule has 1 aromatic rings. The second-order valence-corrected chi connectivity index (χ2v) is 6.35. The van der Waals surface area contributed by atoms with Crippen molar-refractivity contribution >= 4 is 11.8 Å². The van der Waals surface area contributed by atoms with Gasteiger partial charge in [-0.25, -0.2) is 0 Å². The van der Waals surface area contributed by atoms with Crippen molar-refractivity contribution in [1.29, 1.82) is 0 Å². The van der Waals surface area contributed by atoms with E-state index in [4.69, 9.17) is 0 Å². The van der Waals surface area contributed by atoms with Crippen molar-refractivity contribution in [1.82, 2.24) is 20.8 Å². The molecule has 3 rings (SSSR count). The third kappa shape index (κ3) is 3.31. The number of hydrogen-bond donors (Lipinski definition) is 3. The fourth-order valence-electron chi connectivity index (χ4n) is 3.49. The van der Waals surface area contributed by atoms with E-state index in [0.717, 1.165) is 31.4 Å². The Kier molecular flexibility index (Phi) is 4.75. The molecule has 0 bridgehead atoms. The van der Waals surface area contributed by atoms with Gasteiger partial charge >= 0.3 is 0 Å². The highest BCUT2D eigenvalue weighted by Gasteiger charge is 2.27. The minimum Gasteiger partial charge on any atom is -0.354 e. The number of rotatable bonds is 3. The molecule has 2 heterocycles. The van der Waals surface area contributed by atoms with Gasteiger partial charge in [0.2, 0.25) is 5.91 Å². The van der Waals surface area contributed by atoms with E-state index in [1.807, 2.05) is 0 Å². The molecule has 1 aliphatic carbocycles. The van der Waals surface area contributed by atoms with Gasteiger partial charge in [0, 0.05) is 12.5 Å². The lowest BCUT2D eigenvalue weighted by Gasteiger charge is -2.22. The minimum absolute atomic E-state index is 0.0754. The molecular weight excluding hydrogens is 280 g/mol. The Labute approximate surface area is 130 Å². The fraction of sp³-hybridized carbons (Fsp3) is 0.688. The Bertz CT molecular complexity index is 534. The van der Waals surface area contributed by atoms with E-state index in [1.165, 1.54) is 19.3 Å². The second-order valence-electron chi connectivity index (χ2n) is 6.35. The predicted octanol–water partition coefficient (Wildman–Crippen LogP) is 1.86. The van der Waals surface area contributed by atoms with Gasteiger partial charge in [-0.15, -0.1) is 0 Å². The van der Waals surface area contributed by atoms with Gasteiger partial charge in [0.15, 0.2) is 0 Å². The molecule has 2 aliphatic rings. The average Bonchev–Trinajstić information content (AvgIpc) is 2.95. The second kappa shape index (κ2) is 6.94. The number of nitrogens with one attached hydrogen (secondary N) is 3. The number of carbonyl (C=O) groups is 2. The third-order valence-electron chi connectivity index (χ3n) is 4.77. The number of H-pyrrole nitrogens is 1. The molecule has 6 heteroatoms. The maximum Gasteiger partial charge on any atom is 0.255 e. The average molecular weight is 304 g/mol. The first kappa shape index (κ1) is 15.1. The topological polar surface area (TPSA) is 86.9 Å². The zero-order chi connectivity index (χ0) is 15.4.